The van der Waals surface area contributed by atoms with Crippen LogP contribution in [0.25, 0.3) is 0 Å². The summed E-state index contributed by atoms with van der Waals surface area (Å²) in [6.45, 7) is 2.60. The fourth-order valence-corrected chi connectivity index (χ4v) is 1.90. The molecule has 1 atom stereocenters. The minimum Gasteiger partial charge on any atom is -0.493 e. The number of hydrogen-bond acceptors (Lipinski definition) is 3. The first-order chi connectivity index (χ1) is 7.76. The number of rotatable bonds is 5. The number of methoxy groups -OCH3 is 1. The van der Waals surface area contributed by atoms with Crippen LogP contribution in [-0.2, 0) is 0 Å². The zero-order valence-corrected chi connectivity index (χ0v) is 11.1. The van der Waals surface area contributed by atoms with Gasteiger partial charge in [-0.3, -0.25) is 0 Å². The molecule has 1 aliphatic rings. The average Bonchev–Trinajstić information content (AvgIpc) is 3.12. The Bertz CT molecular complexity index is 366. The fraction of sp³-hybridized carbons (Fsp3) is 0.538. The van der Waals surface area contributed by atoms with Crippen molar-refractivity contribution in [2.24, 2.45) is 11.7 Å². The Labute approximate surface area is 109 Å². The lowest BCUT2D eigenvalue weighted by Gasteiger charge is -2.15. The van der Waals surface area contributed by atoms with Crippen LogP contribution in [0.1, 0.15) is 31.4 Å². The van der Waals surface area contributed by atoms with Gasteiger partial charge in [0.1, 0.15) is 0 Å². The number of hydrogen-bond donors (Lipinski definition) is 1. The molecule has 1 aromatic carbocycles. The predicted octanol–water partition coefficient (Wildman–Crippen LogP) is 2.93. The zero-order valence-electron chi connectivity index (χ0n) is 10.3. The molecule has 1 fully saturated rings. The Hall–Kier alpha value is -0.930. The van der Waals surface area contributed by atoms with Gasteiger partial charge in [-0.25, -0.2) is 0 Å². The highest BCUT2D eigenvalue weighted by Gasteiger charge is 2.29. The molecule has 0 aliphatic heterocycles. The minimum absolute atomic E-state index is 0. The van der Waals surface area contributed by atoms with E-state index in [0.717, 1.165) is 17.1 Å². The smallest absolute Gasteiger partial charge is 0.161 e. The molecule has 0 saturated heterocycles. The molecule has 2 rings (SSSR count). The second kappa shape index (κ2) is 6.12. The van der Waals surface area contributed by atoms with Crippen LogP contribution in [0.2, 0.25) is 0 Å². The zero-order chi connectivity index (χ0) is 11.5. The van der Waals surface area contributed by atoms with Crippen molar-refractivity contribution in [2.45, 2.75) is 25.8 Å². The van der Waals surface area contributed by atoms with Crippen molar-refractivity contribution >= 4 is 12.4 Å². The Kier molecular flexibility index (Phi) is 5.09. The fourth-order valence-electron chi connectivity index (χ4n) is 1.90. The Morgan fingerprint density at radius 2 is 2.06 bits per heavy atom. The van der Waals surface area contributed by atoms with Gasteiger partial charge in [0.15, 0.2) is 11.5 Å². The molecule has 17 heavy (non-hydrogen) atoms. The van der Waals surface area contributed by atoms with Crippen molar-refractivity contribution in [1.82, 2.24) is 0 Å². The van der Waals surface area contributed by atoms with Gasteiger partial charge in [-0.1, -0.05) is 6.07 Å². The topological polar surface area (TPSA) is 44.5 Å². The molecule has 1 saturated carbocycles. The van der Waals surface area contributed by atoms with E-state index in [1.165, 1.54) is 12.8 Å². The molecule has 0 heterocycles. The van der Waals surface area contributed by atoms with Crippen LogP contribution in [0.5, 0.6) is 11.5 Å². The molecular formula is C13H20ClNO2. The molecule has 1 aromatic rings. The van der Waals surface area contributed by atoms with Crippen molar-refractivity contribution in [3.63, 3.8) is 0 Å². The predicted molar refractivity (Wildman–Crippen MR) is 71.1 cm³/mol. The van der Waals surface area contributed by atoms with Crippen molar-refractivity contribution in [3.8, 4) is 11.5 Å². The highest BCUT2D eigenvalue weighted by atomic mass is 35.5. The van der Waals surface area contributed by atoms with E-state index in [9.17, 15) is 0 Å². The van der Waals surface area contributed by atoms with Crippen LogP contribution in [0.3, 0.4) is 0 Å². The third-order valence-electron chi connectivity index (χ3n) is 3.00. The van der Waals surface area contributed by atoms with Gasteiger partial charge in [-0.2, -0.15) is 0 Å². The first-order valence-electron chi connectivity index (χ1n) is 5.82. The van der Waals surface area contributed by atoms with Gasteiger partial charge < -0.3 is 15.2 Å². The molecule has 2 N–H and O–H groups in total. The SMILES string of the molecule is CCOc1cc([C@@H](N)C2CC2)ccc1OC.Cl. The maximum atomic E-state index is 6.16. The van der Waals surface area contributed by atoms with Crippen LogP contribution >= 0.6 is 12.4 Å². The van der Waals surface area contributed by atoms with Crippen LogP contribution in [0, 0.1) is 5.92 Å². The minimum atomic E-state index is 0. The largest absolute Gasteiger partial charge is 0.493 e. The maximum absolute atomic E-state index is 6.16. The molecule has 96 valence electrons. The summed E-state index contributed by atoms with van der Waals surface area (Å²) in [6.07, 6.45) is 2.49. The average molecular weight is 258 g/mol. The molecule has 0 bridgehead atoms. The van der Waals surface area contributed by atoms with E-state index in [-0.39, 0.29) is 18.4 Å². The van der Waals surface area contributed by atoms with Crippen LogP contribution < -0.4 is 15.2 Å². The van der Waals surface area contributed by atoms with Gasteiger partial charge in [0.25, 0.3) is 0 Å². The summed E-state index contributed by atoms with van der Waals surface area (Å²) in [4.78, 5) is 0. The third-order valence-corrected chi connectivity index (χ3v) is 3.00. The lowest BCUT2D eigenvalue weighted by atomic mass is 10.0. The normalized spacial score (nSPS) is 15.9. The summed E-state index contributed by atoms with van der Waals surface area (Å²) in [7, 11) is 1.65. The van der Waals surface area contributed by atoms with Gasteiger partial charge in [-0.05, 0) is 43.4 Å². The highest BCUT2D eigenvalue weighted by molar-refractivity contribution is 5.85. The summed E-state index contributed by atoms with van der Waals surface area (Å²) >= 11 is 0. The molecule has 1 aliphatic carbocycles. The van der Waals surface area contributed by atoms with Crippen LogP contribution in [0.4, 0.5) is 0 Å². The summed E-state index contributed by atoms with van der Waals surface area (Å²) < 4.78 is 10.8. The van der Waals surface area contributed by atoms with E-state index in [0.29, 0.717) is 12.5 Å². The quantitative estimate of drug-likeness (QED) is 0.882. The van der Waals surface area contributed by atoms with Gasteiger partial charge in [0, 0.05) is 6.04 Å². The molecule has 0 aromatic heterocycles. The lowest BCUT2D eigenvalue weighted by molar-refractivity contribution is 0.310. The molecule has 3 nitrogen and oxygen atoms in total. The maximum Gasteiger partial charge on any atom is 0.161 e. The molecular weight excluding hydrogens is 238 g/mol. The number of nitrogens with two attached hydrogens (primary N) is 1. The van der Waals surface area contributed by atoms with Gasteiger partial charge >= 0.3 is 0 Å². The van der Waals surface area contributed by atoms with E-state index in [2.05, 4.69) is 0 Å². The lowest BCUT2D eigenvalue weighted by Crippen LogP contribution is -2.12. The molecule has 0 amide bonds. The Balaban J connectivity index is 0.00000144. The second-order valence-electron chi connectivity index (χ2n) is 4.21. The molecule has 0 radical (unpaired) electrons. The molecule has 0 unspecified atom stereocenters. The van der Waals surface area contributed by atoms with E-state index in [1.54, 1.807) is 7.11 Å². The Morgan fingerprint density at radius 3 is 2.59 bits per heavy atom. The number of halogens is 1. The summed E-state index contributed by atoms with van der Waals surface area (Å²) in [5.74, 6) is 2.22. The summed E-state index contributed by atoms with van der Waals surface area (Å²) in [6, 6.07) is 6.11. The van der Waals surface area contributed by atoms with Crippen molar-refractivity contribution in [3.05, 3.63) is 23.8 Å². The van der Waals surface area contributed by atoms with Gasteiger partial charge in [0.2, 0.25) is 0 Å². The second-order valence-corrected chi connectivity index (χ2v) is 4.21. The van der Waals surface area contributed by atoms with Crippen molar-refractivity contribution < 1.29 is 9.47 Å². The molecule has 0 spiro atoms. The van der Waals surface area contributed by atoms with Crippen LogP contribution in [0.15, 0.2) is 18.2 Å². The van der Waals surface area contributed by atoms with Gasteiger partial charge in [0.05, 0.1) is 13.7 Å². The van der Waals surface area contributed by atoms with Crippen molar-refractivity contribution in [2.75, 3.05) is 13.7 Å². The monoisotopic (exact) mass is 257 g/mol. The van der Waals surface area contributed by atoms with Crippen LogP contribution in [-0.4, -0.2) is 13.7 Å². The first-order valence-corrected chi connectivity index (χ1v) is 5.82. The number of ether oxygens (including phenoxy) is 2. The standard InChI is InChI=1S/C13H19NO2.ClH/c1-3-16-12-8-10(6-7-11(12)15-2)13(14)9-4-5-9;/h6-9,13H,3-5,14H2,1-2H3;1H/t13-;/m0./s1. The first kappa shape index (κ1) is 14.1. The van der Waals surface area contributed by atoms with E-state index < -0.39 is 0 Å². The van der Waals surface area contributed by atoms with Crippen molar-refractivity contribution in [1.29, 1.82) is 0 Å². The summed E-state index contributed by atoms with van der Waals surface area (Å²) in [5, 5.41) is 0. The molecule has 4 heteroatoms. The third kappa shape index (κ3) is 3.27. The summed E-state index contributed by atoms with van der Waals surface area (Å²) in [5.41, 5.74) is 7.31. The van der Waals surface area contributed by atoms with E-state index in [1.807, 2.05) is 25.1 Å². The van der Waals surface area contributed by atoms with E-state index in [4.69, 9.17) is 15.2 Å². The highest BCUT2D eigenvalue weighted by Crippen LogP contribution is 2.41. The van der Waals surface area contributed by atoms with E-state index >= 15 is 0 Å². The number of benzene rings is 1. The van der Waals surface area contributed by atoms with Gasteiger partial charge in [-0.15, -0.1) is 12.4 Å². The Morgan fingerprint density at radius 1 is 1.35 bits per heavy atom.